The summed E-state index contributed by atoms with van der Waals surface area (Å²) in [5.74, 6) is -0.429. The maximum Gasteiger partial charge on any atom is 0.262 e. The van der Waals surface area contributed by atoms with Gasteiger partial charge in [-0.25, -0.2) is 0 Å². The summed E-state index contributed by atoms with van der Waals surface area (Å²) in [6.45, 7) is 2.03. The van der Waals surface area contributed by atoms with E-state index in [0.29, 0.717) is 11.1 Å². The van der Waals surface area contributed by atoms with E-state index >= 15 is 0 Å². The van der Waals surface area contributed by atoms with Crippen LogP contribution >= 0.6 is 0 Å². The number of hydrogen-bond acceptors (Lipinski definition) is 3. The smallest absolute Gasteiger partial charge is 0.262 e. The van der Waals surface area contributed by atoms with Gasteiger partial charge in [0.05, 0.1) is 17.2 Å². The van der Waals surface area contributed by atoms with Crippen LogP contribution in [-0.2, 0) is 0 Å². The molecule has 0 aromatic heterocycles. The van der Waals surface area contributed by atoms with Crippen LogP contribution in [0.5, 0.6) is 0 Å². The number of benzene rings is 2. The van der Waals surface area contributed by atoms with Crippen molar-refractivity contribution in [1.29, 1.82) is 0 Å². The molecule has 0 N–H and O–H groups in total. The Morgan fingerprint density at radius 1 is 0.826 bits per heavy atom. The van der Waals surface area contributed by atoms with E-state index in [1.165, 1.54) is 4.90 Å². The van der Waals surface area contributed by atoms with Gasteiger partial charge in [0, 0.05) is 6.04 Å². The third-order valence-electron chi connectivity index (χ3n) is 4.52. The summed E-state index contributed by atoms with van der Waals surface area (Å²) in [6.07, 6.45) is 0. The average molecular weight is 308 g/mol. The van der Waals surface area contributed by atoms with Crippen molar-refractivity contribution in [1.82, 2.24) is 9.80 Å². The molecule has 1 aliphatic rings. The molecule has 0 fully saturated rings. The molecule has 0 saturated heterocycles. The van der Waals surface area contributed by atoms with Gasteiger partial charge in [0.2, 0.25) is 0 Å². The van der Waals surface area contributed by atoms with Crippen LogP contribution in [0.15, 0.2) is 54.6 Å². The van der Waals surface area contributed by atoms with Crippen LogP contribution in [0, 0.1) is 0 Å². The minimum absolute atomic E-state index is 0.000359. The number of carbonyl (C=O) groups is 2. The molecule has 2 aromatic rings. The number of amides is 2. The first-order valence-corrected chi connectivity index (χ1v) is 7.70. The van der Waals surface area contributed by atoms with Crippen molar-refractivity contribution in [3.05, 3.63) is 71.3 Å². The fourth-order valence-corrected chi connectivity index (χ4v) is 3.04. The van der Waals surface area contributed by atoms with Crippen LogP contribution in [-0.4, -0.2) is 41.8 Å². The van der Waals surface area contributed by atoms with Crippen molar-refractivity contribution in [3.8, 4) is 0 Å². The number of rotatable bonds is 4. The maximum absolute atomic E-state index is 12.8. The van der Waals surface area contributed by atoms with Crippen LogP contribution in [0.3, 0.4) is 0 Å². The normalized spacial score (nSPS) is 16.6. The first kappa shape index (κ1) is 15.4. The molecule has 2 atom stereocenters. The lowest BCUT2D eigenvalue weighted by Gasteiger charge is -2.35. The monoisotopic (exact) mass is 308 g/mol. The number of nitrogens with zero attached hydrogens (tertiary/aromatic N) is 2. The van der Waals surface area contributed by atoms with Gasteiger partial charge in [-0.05, 0) is 38.7 Å². The Labute approximate surface area is 136 Å². The van der Waals surface area contributed by atoms with Crippen molar-refractivity contribution in [3.63, 3.8) is 0 Å². The van der Waals surface area contributed by atoms with Crippen molar-refractivity contribution in [2.24, 2.45) is 0 Å². The second kappa shape index (κ2) is 5.97. The van der Waals surface area contributed by atoms with E-state index in [2.05, 4.69) is 0 Å². The Kier molecular flexibility index (Phi) is 4.01. The highest BCUT2D eigenvalue weighted by molar-refractivity contribution is 6.21. The van der Waals surface area contributed by atoms with E-state index < -0.39 is 0 Å². The third kappa shape index (κ3) is 2.55. The molecule has 118 valence electrons. The fraction of sp³-hybridized carbons (Fsp3) is 0.263. The number of hydrogen-bond donors (Lipinski definition) is 0. The first-order chi connectivity index (χ1) is 11.0. The molecule has 3 rings (SSSR count). The lowest BCUT2D eigenvalue weighted by molar-refractivity contribution is 0.0499. The molecule has 23 heavy (non-hydrogen) atoms. The van der Waals surface area contributed by atoms with Crippen LogP contribution in [0.4, 0.5) is 0 Å². The lowest BCUT2D eigenvalue weighted by Crippen LogP contribution is -2.44. The summed E-state index contributed by atoms with van der Waals surface area (Å²) in [5, 5.41) is 0. The largest absolute Gasteiger partial charge is 0.304 e. The zero-order chi connectivity index (χ0) is 16.6. The summed E-state index contributed by atoms with van der Waals surface area (Å²) in [4.78, 5) is 29.1. The van der Waals surface area contributed by atoms with Gasteiger partial charge in [0.1, 0.15) is 0 Å². The van der Waals surface area contributed by atoms with E-state index in [1.807, 2.05) is 56.3 Å². The van der Waals surface area contributed by atoms with Crippen molar-refractivity contribution < 1.29 is 9.59 Å². The molecular weight excluding hydrogens is 288 g/mol. The minimum Gasteiger partial charge on any atom is -0.304 e. The third-order valence-corrected chi connectivity index (χ3v) is 4.52. The molecule has 4 nitrogen and oxygen atoms in total. The standard InChI is InChI=1S/C19H20N2O2/c1-13(20(2)3)17(14-9-5-4-6-10-14)21-18(22)15-11-7-8-12-16(15)19(21)23/h4-13,17H,1-3H3/t13-,17-/m0/s1. The molecule has 1 heterocycles. The van der Waals surface area contributed by atoms with Crippen molar-refractivity contribution in [2.45, 2.75) is 19.0 Å². The molecule has 0 bridgehead atoms. The highest BCUT2D eigenvalue weighted by Crippen LogP contribution is 2.34. The predicted octanol–water partition coefficient (Wildman–Crippen LogP) is 2.97. The van der Waals surface area contributed by atoms with Gasteiger partial charge in [-0.3, -0.25) is 14.5 Å². The van der Waals surface area contributed by atoms with Gasteiger partial charge in [-0.15, -0.1) is 0 Å². The second-order valence-corrected chi connectivity index (χ2v) is 6.09. The Morgan fingerprint density at radius 3 is 1.78 bits per heavy atom. The van der Waals surface area contributed by atoms with Crippen molar-refractivity contribution >= 4 is 11.8 Å². The quantitative estimate of drug-likeness (QED) is 0.815. The number of likely N-dealkylation sites (N-methyl/N-ethyl adjacent to an activating group) is 1. The Hall–Kier alpha value is -2.46. The molecule has 0 saturated carbocycles. The second-order valence-electron chi connectivity index (χ2n) is 6.09. The van der Waals surface area contributed by atoms with Gasteiger partial charge in [-0.1, -0.05) is 42.5 Å². The van der Waals surface area contributed by atoms with Crippen LogP contribution in [0.1, 0.15) is 39.2 Å². The highest BCUT2D eigenvalue weighted by atomic mass is 16.2. The summed E-state index contributed by atoms with van der Waals surface area (Å²) in [5.41, 5.74) is 1.94. The van der Waals surface area contributed by atoms with Crippen LogP contribution in [0.25, 0.3) is 0 Å². The van der Waals surface area contributed by atoms with E-state index in [4.69, 9.17) is 0 Å². The summed E-state index contributed by atoms with van der Waals surface area (Å²) in [6, 6.07) is 16.4. The van der Waals surface area contributed by atoms with Gasteiger partial charge >= 0.3 is 0 Å². The van der Waals surface area contributed by atoms with E-state index in [-0.39, 0.29) is 23.9 Å². The van der Waals surface area contributed by atoms with E-state index in [0.717, 1.165) is 5.56 Å². The molecule has 1 aliphatic heterocycles. The zero-order valence-electron chi connectivity index (χ0n) is 13.6. The van der Waals surface area contributed by atoms with Crippen LogP contribution in [0.2, 0.25) is 0 Å². The average Bonchev–Trinajstić information content (AvgIpc) is 2.82. The number of imide groups is 1. The van der Waals surface area contributed by atoms with E-state index in [1.54, 1.807) is 24.3 Å². The van der Waals surface area contributed by atoms with Gasteiger partial charge in [-0.2, -0.15) is 0 Å². The van der Waals surface area contributed by atoms with Gasteiger partial charge < -0.3 is 4.90 Å². The molecule has 0 unspecified atom stereocenters. The lowest BCUT2D eigenvalue weighted by atomic mass is 9.98. The van der Waals surface area contributed by atoms with E-state index in [9.17, 15) is 9.59 Å². The number of carbonyl (C=O) groups excluding carboxylic acids is 2. The van der Waals surface area contributed by atoms with Crippen LogP contribution < -0.4 is 0 Å². The topological polar surface area (TPSA) is 40.6 Å². The first-order valence-electron chi connectivity index (χ1n) is 7.70. The molecule has 4 heteroatoms. The maximum atomic E-state index is 12.8. The summed E-state index contributed by atoms with van der Waals surface area (Å²) in [7, 11) is 3.91. The fourth-order valence-electron chi connectivity index (χ4n) is 3.04. The molecule has 2 aromatic carbocycles. The minimum atomic E-state index is -0.321. The Balaban J connectivity index is 2.09. The van der Waals surface area contributed by atoms with Crippen molar-refractivity contribution in [2.75, 3.05) is 14.1 Å². The molecule has 2 amide bonds. The molecule has 0 spiro atoms. The summed E-state index contributed by atoms with van der Waals surface area (Å²) >= 11 is 0. The van der Waals surface area contributed by atoms with Gasteiger partial charge in [0.15, 0.2) is 0 Å². The number of fused-ring (bicyclic) bond motifs is 1. The predicted molar refractivity (Wildman–Crippen MR) is 89.3 cm³/mol. The summed E-state index contributed by atoms with van der Waals surface area (Å²) < 4.78 is 0. The Morgan fingerprint density at radius 2 is 1.30 bits per heavy atom. The molecule has 0 radical (unpaired) electrons. The van der Waals surface area contributed by atoms with Gasteiger partial charge in [0.25, 0.3) is 11.8 Å². The Bertz CT molecular complexity index is 705. The SMILES string of the molecule is C[C@@H]([C@@H](c1ccccc1)N1C(=O)c2ccccc2C1=O)N(C)C. The highest BCUT2D eigenvalue weighted by Gasteiger charge is 2.42. The zero-order valence-corrected chi connectivity index (χ0v) is 13.6. The molecular formula is C19H20N2O2. The molecule has 0 aliphatic carbocycles.